The molecule has 8 nitrogen and oxygen atoms in total. The molecule has 1 heterocycles. The number of Topliss-reactive ketones (excluding diaryl/α,β-unsaturated/α-hetero) is 1. The van der Waals surface area contributed by atoms with Crippen molar-refractivity contribution in [2.24, 2.45) is 10.2 Å². The molecule has 1 aliphatic heterocycles. The smallest absolute Gasteiger partial charge is 0.186 e. The third-order valence-corrected chi connectivity index (χ3v) is 4.94. The Kier molecular flexibility index (Phi) is 8.83. The molecule has 1 saturated heterocycles. The van der Waals surface area contributed by atoms with Crippen molar-refractivity contribution in [1.82, 2.24) is 5.32 Å². The van der Waals surface area contributed by atoms with Crippen LogP contribution in [-0.4, -0.2) is 18.9 Å². The van der Waals surface area contributed by atoms with Gasteiger partial charge in [-0.3, -0.25) is 4.79 Å². The van der Waals surface area contributed by atoms with E-state index in [0.717, 1.165) is 22.3 Å². The van der Waals surface area contributed by atoms with Gasteiger partial charge in [0.2, 0.25) is 0 Å². The van der Waals surface area contributed by atoms with Crippen LogP contribution in [0.4, 0.5) is 11.4 Å². The van der Waals surface area contributed by atoms with Crippen molar-refractivity contribution in [1.29, 1.82) is 0 Å². The van der Waals surface area contributed by atoms with Crippen molar-refractivity contribution in [2.75, 3.05) is 13.1 Å². The first-order valence-corrected chi connectivity index (χ1v) is 10.5. The van der Waals surface area contributed by atoms with Crippen LogP contribution < -0.4 is 5.32 Å². The minimum atomic E-state index is 0.0907. The van der Waals surface area contributed by atoms with Crippen molar-refractivity contribution in [3.63, 3.8) is 0 Å². The predicted octanol–water partition coefficient (Wildman–Crippen LogP) is 7.10. The highest BCUT2D eigenvalue weighted by atomic mass is 16.1. The summed E-state index contributed by atoms with van der Waals surface area (Å²) in [6, 6.07) is 14.6. The van der Waals surface area contributed by atoms with Crippen molar-refractivity contribution in [3.05, 3.63) is 116 Å². The van der Waals surface area contributed by atoms with Gasteiger partial charge in [0.15, 0.2) is 5.78 Å². The fraction of sp³-hybridized carbons (Fsp3) is 0.160. The summed E-state index contributed by atoms with van der Waals surface area (Å²) in [5, 5.41) is 10.4. The lowest BCUT2D eigenvalue weighted by Gasteiger charge is -2.17. The number of allylic oxidation sites excluding steroid dienone is 4. The number of azide groups is 2. The van der Waals surface area contributed by atoms with E-state index in [1.807, 2.05) is 60.7 Å². The number of ketones is 1. The highest BCUT2D eigenvalue weighted by molar-refractivity contribution is 6.09. The molecular weight excluding hydrogens is 414 g/mol. The lowest BCUT2D eigenvalue weighted by atomic mass is 9.97. The number of benzene rings is 2. The molecule has 1 N–H and O–H groups in total. The molecule has 2 aromatic rings. The number of hydrogen-bond donors (Lipinski definition) is 1. The van der Waals surface area contributed by atoms with E-state index in [1.54, 1.807) is 24.3 Å². The van der Waals surface area contributed by atoms with E-state index in [1.165, 1.54) is 0 Å². The van der Waals surface area contributed by atoms with Gasteiger partial charge >= 0.3 is 0 Å². The minimum Gasteiger partial charge on any atom is -0.308 e. The highest BCUT2D eigenvalue weighted by Gasteiger charge is 2.18. The van der Waals surface area contributed by atoms with Gasteiger partial charge in [0, 0.05) is 45.4 Å². The SMILES string of the molecule is [N-]=[N+]=Nc1ccc(C=CCC=C2CNCC(=CCC=Cc3ccc(N=[N+]=[N-])cc3)C2=O)cc1. The number of carbonyl (C=O) groups excluding carboxylic acids is 1. The van der Waals surface area contributed by atoms with E-state index in [0.29, 0.717) is 37.3 Å². The largest absolute Gasteiger partial charge is 0.308 e. The molecule has 0 unspecified atom stereocenters. The Labute approximate surface area is 191 Å². The molecule has 0 radical (unpaired) electrons. The van der Waals surface area contributed by atoms with Crippen LogP contribution in [0, 0.1) is 0 Å². The standard InChI is InChI=1S/C25H23N7O/c26-31-29-23-13-9-19(10-14-23)5-1-3-7-21-17-28-18-22(25(21)33)8-4-2-6-20-11-15-24(16-12-20)30-32-27/h1-2,5-16,28H,3-4,17-18H2. The minimum absolute atomic E-state index is 0.0907. The predicted molar refractivity (Wildman–Crippen MR) is 132 cm³/mol. The van der Waals surface area contributed by atoms with Crippen molar-refractivity contribution in [3.8, 4) is 0 Å². The average molecular weight is 438 g/mol. The molecule has 3 rings (SSSR count). The zero-order valence-electron chi connectivity index (χ0n) is 18.0. The fourth-order valence-corrected chi connectivity index (χ4v) is 3.26. The topological polar surface area (TPSA) is 127 Å². The quantitative estimate of drug-likeness (QED) is 0.204. The number of nitrogens with one attached hydrogen (secondary N) is 1. The Morgan fingerprint density at radius 1 is 0.758 bits per heavy atom. The summed E-state index contributed by atoms with van der Waals surface area (Å²) in [7, 11) is 0. The van der Waals surface area contributed by atoms with Crippen LogP contribution in [0.25, 0.3) is 33.0 Å². The van der Waals surface area contributed by atoms with E-state index in [-0.39, 0.29) is 5.78 Å². The molecule has 0 amide bonds. The van der Waals surface area contributed by atoms with Crippen molar-refractivity contribution < 1.29 is 4.79 Å². The Morgan fingerprint density at radius 2 is 1.18 bits per heavy atom. The van der Waals surface area contributed by atoms with Gasteiger partial charge in [-0.15, -0.1) is 0 Å². The molecule has 164 valence electrons. The Hall–Kier alpha value is -4.35. The summed E-state index contributed by atoms with van der Waals surface area (Å²) >= 11 is 0. The van der Waals surface area contributed by atoms with Crippen LogP contribution in [0.3, 0.4) is 0 Å². The first kappa shape index (κ1) is 23.3. The normalized spacial score (nSPS) is 16.3. The van der Waals surface area contributed by atoms with Gasteiger partial charge in [-0.05, 0) is 35.0 Å². The molecule has 0 aliphatic carbocycles. The van der Waals surface area contributed by atoms with E-state index in [4.69, 9.17) is 11.1 Å². The second-order valence-electron chi connectivity index (χ2n) is 7.23. The van der Waals surface area contributed by atoms with Gasteiger partial charge in [-0.25, -0.2) is 0 Å². The number of carbonyl (C=O) groups is 1. The molecule has 0 spiro atoms. The van der Waals surface area contributed by atoms with Gasteiger partial charge in [-0.1, -0.05) is 95.2 Å². The van der Waals surface area contributed by atoms with E-state index >= 15 is 0 Å². The molecule has 2 aromatic carbocycles. The van der Waals surface area contributed by atoms with Crippen LogP contribution in [0.5, 0.6) is 0 Å². The lowest BCUT2D eigenvalue weighted by Crippen LogP contribution is -2.32. The van der Waals surface area contributed by atoms with Gasteiger partial charge in [0.1, 0.15) is 0 Å². The Bertz CT molecular complexity index is 1100. The summed E-state index contributed by atoms with van der Waals surface area (Å²) in [6.07, 6.45) is 13.1. The summed E-state index contributed by atoms with van der Waals surface area (Å²) < 4.78 is 0. The van der Waals surface area contributed by atoms with Crippen LogP contribution in [-0.2, 0) is 4.79 Å². The first-order valence-electron chi connectivity index (χ1n) is 10.5. The number of hydrogen-bond acceptors (Lipinski definition) is 4. The molecule has 33 heavy (non-hydrogen) atoms. The zero-order chi connectivity index (χ0) is 23.3. The lowest BCUT2D eigenvalue weighted by molar-refractivity contribution is -0.112. The highest BCUT2D eigenvalue weighted by Crippen LogP contribution is 2.17. The van der Waals surface area contributed by atoms with Crippen LogP contribution in [0.2, 0.25) is 0 Å². The summed E-state index contributed by atoms with van der Waals surface area (Å²) in [4.78, 5) is 18.3. The van der Waals surface area contributed by atoms with Gasteiger partial charge in [0.25, 0.3) is 0 Å². The molecule has 0 bridgehead atoms. The molecule has 0 atom stereocenters. The Balaban J connectivity index is 1.53. The van der Waals surface area contributed by atoms with E-state index < -0.39 is 0 Å². The first-order chi connectivity index (χ1) is 16.2. The summed E-state index contributed by atoms with van der Waals surface area (Å²) in [5.41, 5.74) is 21.6. The Morgan fingerprint density at radius 3 is 1.58 bits per heavy atom. The number of piperidine rings is 1. The van der Waals surface area contributed by atoms with E-state index in [9.17, 15) is 4.79 Å². The monoisotopic (exact) mass is 437 g/mol. The second-order valence-corrected chi connectivity index (χ2v) is 7.23. The molecule has 1 aliphatic rings. The second kappa shape index (κ2) is 12.5. The maximum atomic E-state index is 12.7. The van der Waals surface area contributed by atoms with Crippen molar-refractivity contribution >= 4 is 29.3 Å². The van der Waals surface area contributed by atoms with Crippen LogP contribution in [0.15, 0.2) is 94.2 Å². The third-order valence-electron chi connectivity index (χ3n) is 4.94. The van der Waals surface area contributed by atoms with Crippen LogP contribution >= 0.6 is 0 Å². The molecule has 8 heteroatoms. The maximum Gasteiger partial charge on any atom is 0.186 e. The molecule has 0 saturated carbocycles. The third kappa shape index (κ3) is 7.38. The molecule has 0 aromatic heterocycles. The number of nitrogens with zero attached hydrogens (tertiary/aromatic N) is 6. The summed E-state index contributed by atoms with van der Waals surface area (Å²) in [6.45, 7) is 1.14. The molecular formula is C25H23N7O. The van der Waals surface area contributed by atoms with Crippen molar-refractivity contribution in [2.45, 2.75) is 12.8 Å². The zero-order valence-corrected chi connectivity index (χ0v) is 18.0. The fourth-order valence-electron chi connectivity index (χ4n) is 3.26. The van der Waals surface area contributed by atoms with Gasteiger partial charge < -0.3 is 5.32 Å². The summed E-state index contributed by atoms with van der Waals surface area (Å²) in [5.74, 6) is 0.0907. The molecule has 1 fully saturated rings. The van der Waals surface area contributed by atoms with Gasteiger partial charge in [-0.2, -0.15) is 0 Å². The van der Waals surface area contributed by atoms with Crippen LogP contribution in [0.1, 0.15) is 24.0 Å². The van der Waals surface area contributed by atoms with Gasteiger partial charge in [0.05, 0.1) is 0 Å². The van der Waals surface area contributed by atoms with E-state index in [2.05, 4.69) is 25.4 Å². The number of rotatable bonds is 8. The average Bonchev–Trinajstić information content (AvgIpc) is 2.84. The maximum absolute atomic E-state index is 12.7.